The summed E-state index contributed by atoms with van der Waals surface area (Å²) in [5.74, 6) is 0. The Kier molecular flexibility index (Phi) is 14.5. The van der Waals surface area contributed by atoms with Gasteiger partial charge in [0, 0.05) is 0 Å². The maximum Gasteiger partial charge on any atom is -0.0197 e. The zero-order valence-electron chi connectivity index (χ0n) is 11.9. The average molecular weight is 303 g/mol. The lowest BCUT2D eigenvalue weighted by molar-refractivity contribution is 0.594. The van der Waals surface area contributed by atoms with Gasteiger partial charge in [0.05, 0.1) is 0 Å². The lowest BCUT2D eigenvalue weighted by Crippen LogP contribution is -1.86. The first-order valence-electron chi connectivity index (χ1n) is 7.63. The van der Waals surface area contributed by atoms with Gasteiger partial charge in [-0.2, -0.15) is 0 Å². The Morgan fingerprint density at radius 1 is 0.706 bits per heavy atom. The molecular formula is C16H31Br. The first-order valence-corrected chi connectivity index (χ1v) is 8.54. The third kappa shape index (κ3) is 12.5. The van der Waals surface area contributed by atoms with E-state index in [0.29, 0.717) is 0 Å². The lowest BCUT2D eigenvalue weighted by Gasteiger charge is -2.06. The van der Waals surface area contributed by atoms with E-state index in [1.165, 1.54) is 77.0 Å². The van der Waals surface area contributed by atoms with Crippen LogP contribution in [0.2, 0.25) is 0 Å². The van der Waals surface area contributed by atoms with Crippen molar-refractivity contribution in [3.05, 3.63) is 10.6 Å². The zero-order chi connectivity index (χ0) is 12.8. The van der Waals surface area contributed by atoms with Crippen LogP contribution in [-0.2, 0) is 0 Å². The van der Waals surface area contributed by atoms with Gasteiger partial charge in [-0.15, -0.1) is 0 Å². The van der Waals surface area contributed by atoms with Crippen molar-refractivity contribution in [2.75, 3.05) is 0 Å². The van der Waals surface area contributed by atoms with Crippen molar-refractivity contribution in [1.82, 2.24) is 0 Å². The molecule has 0 aliphatic rings. The van der Waals surface area contributed by atoms with Crippen molar-refractivity contribution < 1.29 is 0 Å². The minimum Gasteiger partial charge on any atom is -0.0654 e. The summed E-state index contributed by atoms with van der Waals surface area (Å²) in [5, 5.41) is 0. The van der Waals surface area contributed by atoms with Crippen LogP contribution in [0.1, 0.15) is 90.9 Å². The molecule has 102 valence electrons. The number of hydrogen-bond donors (Lipinski definition) is 0. The van der Waals surface area contributed by atoms with Gasteiger partial charge in [-0.25, -0.2) is 0 Å². The number of halogens is 1. The molecule has 0 fully saturated rings. The molecule has 1 heteroatoms. The lowest BCUT2D eigenvalue weighted by atomic mass is 10.0. The van der Waals surface area contributed by atoms with Crippen molar-refractivity contribution in [3.63, 3.8) is 0 Å². The second-order valence-corrected chi connectivity index (χ2v) is 5.55. The van der Waals surface area contributed by atoms with E-state index in [1.807, 2.05) is 0 Å². The largest absolute Gasteiger partial charge is 0.0654 e. The summed E-state index contributed by atoms with van der Waals surface area (Å²) >= 11 is 3.52. The highest BCUT2D eigenvalue weighted by Gasteiger charge is 1.98. The molecule has 17 heavy (non-hydrogen) atoms. The highest BCUT2D eigenvalue weighted by molar-refractivity contribution is 9.11. The van der Waals surface area contributed by atoms with E-state index < -0.39 is 0 Å². The summed E-state index contributed by atoms with van der Waals surface area (Å²) in [6.45, 7) is 4.56. The highest BCUT2D eigenvalue weighted by atomic mass is 79.9. The molecule has 0 rings (SSSR count). The molecule has 0 bridgehead atoms. The van der Waals surface area contributed by atoms with Gasteiger partial charge < -0.3 is 0 Å². The van der Waals surface area contributed by atoms with Crippen LogP contribution in [0.3, 0.4) is 0 Å². The fourth-order valence-electron chi connectivity index (χ4n) is 2.15. The van der Waals surface area contributed by atoms with Crippen LogP contribution >= 0.6 is 15.9 Å². The van der Waals surface area contributed by atoms with Gasteiger partial charge in [0.15, 0.2) is 0 Å². The Labute approximate surface area is 117 Å². The van der Waals surface area contributed by atoms with Gasteiger partial charge in [0.25, 0.3) is 0 Å². The van der Waals surface area contributed by atoms with Crippen LogP contribution in [0.5, 0.6) is 0 Å². The van der Waals surface area contributed by atoms with E-state index in [4.69, 9.17) is 0 Å². The maximum absolute atomic E-state index is 3.52. The average Bonchev–Trinajstić information content (AvgIpc) is 2.36. The second-order valence-electron chi connectivity index (χ2n) is 5.10. The monoisotopic (exact) mass is 302 g/mol. The predicted molar refractivity (Wildman–Crippen MR) is 83.8 cm³/mol. The van der Waals surface area contributed by atoms with Crippen molar-refractivity contribution in [2.45, 2.75) is 90.9 Å². The molecular weight excluding hydrogens is 272 g/mol. The van der Waals surface area contributed by atoms with Crippen LogP contribution in [0, 0.1) is 0 Å². The number of allylic oxidation sites excluding steroid dienone is 1. The molecule has 0 aromatic carbocycles. The topological polar surface area (TPSA) is 0 Å². The van der Waals surface area contributed by atoms with Crippen molar-refractivity contribution in [2.24, 2.45) is 0 Å². The fourth-order valence-corrected chi connectivity index (χ4v) is 2.60. The number of unbranched alkanes of at least 4 members (excludes halogenated alkanes) is 8. The van der Waals surface area contributed by atoms with Gasteiger partial charge in [-0.05, 0) is 30.7 Å². The molecule has 0 aliphatic heterocycles. The van der Waals surface area contributed by atoms with E-state index in [1.54, 1.807) is 5.57 Å². The summed E-state index contributed by atoms with van der Waals surface area (Å²) in [6.07, 6.45) is 16.6. The quantitative estimate of drug-likeness (QED) is 0.341. The van der Waals surface area contributed by atoms with Crippen molar-refractivity contribution >= 4 is 15.9 Å². The molecule has 0 atom stereocenters. The first kappa shape index (κ1) is 17.2. The van der Waals surface area contributed by atoms with E-state index in [2.05, 4.69) is 34.8 Å². The van der Waals surface area contributed by atoms with Crippen LogP contribution in [0.15, 0.2) is 10.6 Å². The maximum atomic E-state index is 3.52. The van der Waals surface area contributed by atoms with E-state index in [9.17, 15) is 0 Å². The van der Waals surface area contributed by atoms with E-state index >= 15 is 0 Å². The van der Waals surface area contributed by atoms with Crippen molar-refractivity contribution in [1.29, 1.82) is 0 Å². The smallest absolute Gasteiger partial charge is 0.0197 e. The Morgan fingerprint density at radius 2 is 1.12 bits per heavy atom. The minimum absolute atomic E-state index is 1.31. The summed E-state index contributed by atoms with van der Waals surface area (Å²) in [5.41, 5.74) is 1.62. The Balaban J connectivity index is 3.36. The summed E-state index contributed by atoms with van der Waals surface area (Å²) < 4.78 is 0. The zero-order valence-corrected chi connectivity index (χ0v) is 13.5. The molecule has 0 saturated heterocycles. The molecule has 0 radical (unpaired) electrons. The molecule has 0 spiro atoms. The van der Waals surface area contributed by atoms with Crippen molar-refractivity contribution in [3.8, 4) is 0 Å². The summed E-state index contributed by atoms with van der Waals surface area (Å²) in [7, 11) is 0. The fraction of sp³-hybridized carbons (Fsp3) is 0.875. The predicted octanol–water partition coefficient (Wildman–Crippen LogP) is 6.99. The van der Waals surface area contributed by atoms with Gasteiger partial charge in [0.2, 0.25) is 0 Å². The molecule has 0 heterocycles. The Hall–Kier alpha value is 0.220. The third-order valence-electron chi connectivity index (χ3n) is 3.36. The molecule has 0 N–H and O–H groups in total. The first-order chi connectivity index (χ1) is 8.35. The molecule has 0 aliphatic carbocycles. The van der Waals surface area contributed by atoms with Crippen LogP contribution in [0.4, 0.5) is 0 Å². The molecule has 0 aromatic heterocycles. The van der Waals surface area contributed by atoms with Crippen LogP contribution in [0.25, 0.3) is 0 Å². The normalized spacial score (nSPS) is 12.1. The standard InChI is InChI=1S/C16H31Br/c1-3-5-7-9-10-12-14-16(15-17)13-11-8-6-4-2/h15H,3-14H2,1-2H3. The molecule has 0 nitrogen and oxygen atoms in total. The van der Waals surface area contributed by atoms with Gasteiger partial charge in [0.1, 0.15) is 0 Å². The SMILES string of the molecule is CCCCCCCCC(=CBr)CCCCCC. The van der Waals surface area contributed by atoms with Gasteiger partial charge in [-0.1, -0.05) is 86.7 Å². The number of hydrogen-bond acceptors (Lipinski definition) is 0. The Morgan fingerprint density at radius 3 is 1.59 bits per heavy atom. The van der Waals surface area contributed by atoms with Crippen LogP contribution in [-0.4, -0.2) is 0 Å². The van der Waals surface area contributed by atoms with E-state index in [-0.39, 0.29) is 0 Å². The van der Waals surface area contributed by atoms with Gasteiger partial charge >= 0.3 is 0 Å². The summed E-state index contributed by atoms with van der Waals surface area (Å²) in [4.78, 5) is 2.17. The molecule has 0 aromatic rings. The third-order valence-corrected chi connectivity index (χ3v) is 4.00. The van der Waals surface area contributed by atoms with Gasteiger partial charge in [-0.3, -0.25) is 0 Å². The van der Waals surface area contributed by atoms with Crippen LogP contribution < -0.4 is 0 Å². The Bertz CT molecular complexity index is 172. The molecule has 0 amide bonds. The second kappa shape index (κ2) is 14.3. The molecule has 0 unspecified atom stereocenters. The summed E-state index contributed by atoms with van der Waals surface area (Å²) in [6, 6.07) is 0. The molecule has 0 saturated carbocycles. The highest BCUT2D eigenvalue weighted by Crippen LogP contribution is 2.19. The number of rotatable bonds is 12. The van der Waals surface area contributed by atoms with E-state index in [0.717, 1.165) is 0 Å². The minimum atomic E-state index is 1.31.